The van der Waals surface area contributed by atoms with Gasteiger partial charge in [0.15, 0.2) is 12.4 Å². The third kappa shape index (κ3) is 7.50. The van der Waals surface area contributed by atoms with Gasteiger partial charge in [0, 0.05) is 32.8 Å². The fourth-order valence-electron chi connectivity index (χ4n) is 2.59. The van der Waals surface area contributed by atoms with Crippen molar-refractivity contribution in [2.45, 2.75) is 71.6 Å². The minimum atomic E-state index is -1.01. The van der Waals surface area contributed by atoms with Crippen LogP contribution in [0, 0.1) is 5.92 Å². The number of ether oxygens (including phenoxy) is 4. The predicted molar refractivity (Wildman–Crippen MR) is 86.5 cm³/mol. The molecule has 1 saturated heterocycles. The zero-order chi connectivity index (χ0) is 19.0. The number of hydrogen-bond acceptors (Lipinski definition) is 8. The Morgan fingerprint density at radius 3 is 2.32 bits per heavy atom. The molecule has 1 aliphatic heterocycles. The molecule has 144 valence electrons. The number of aliphatic hydroxyl groups excluding tert-OH is 1. The molecule has 8 heteroatoms. The predicted octanol–water partition coefficient (Wildman–Crippen LogP) is 0.979. The fourth-order valence-corrected chi connectivity index (χ4v) is 2.59. The van der Waals surface area contributed by atoms with Crippen molar-refractivity contribution in [3.8, 4) is 0 Å². The Kier molecular flexibility index (Phi) is 9.02. The van der Waals surface area contributed by atoms with E-state index >= 15 is 0 Å². The smallest absolute Gasteiger partial charge is 0.303 e. The Labute approximate surface area is 147 Å². The Morgan fingerprint density at radius 2 is 1.76 bits per heavy atom. The van der Waals surface area contributed by atoms with Crippen LogP contribution in [-0.2, 0) is 33.3 Å². The van der Waals surface area contributed by atoms with Gasteiger partial charge in [0.05, 0.1) is 0 Å². The molecule has 25 heavy (non-hydrogen) atoms. The van der Waals surface area contributed by atoms with Gasteiger partial charge >= 0.3 is 11.9 Å². The molecule has 0 saturated carbocycles. The van der Waals surface area contributed by atoms with Gasteiger partial charge in [0.1, 0.15) is 24.6 Å². The molecule has 1 heterocycles. The summed E-state index contributed by atoms with van der Waals surface area (Å²) in [5, 5.41) is 10.4. The molecule has 5 unspecified atom stereocenters. The molecule has 0 radical (unpaired) electrons. The van der Waals surface area contributed by atoms with Crippen LogP contribution in [0.5, 0.6) is 0 Å². The van der Waals surface area contributed by atoms with Crippen LogP contribution < -0.4 is 0 Å². The van der Waals surface area contributed by atoms with Crippen molar-refractivity contribution >= 4 is 17.7 Å². The van der Waals surface area contributed by atoms with Crippen molar-refractivity contribution in [3.63, 3.8) is 0 Å². The standard InChI is InChI=1S/C17H28O8/c1-10(18)7-5-6-8-22-17-11(2)15(21)16(24-13(4)20)14(25-17)9-23-12(3)19/h11,14-17,21H,5-9H2,1-4H3. The summed E-state index contributed by atoms with van der Waals surface area (Å²) in [5.74, 6) is -1.37. The minimum Gasteiger partial charge on any atom is -0.463 e. The summed E-state index contributed by atoms with van der Waals surface area (Å²) in [6.07, 6.45) is -1.60. The maximum absolute atomic E-state index is 11.3. The largest absolute Gasteiger partial charge is 0.463 e. The zero-order valence-electron chi connectivity index (χ0n) is 15.2. The van der Waals surface area contributed by atoms with Gasteiger partial charge in [-0.3, -0.25) is 9.59 Å². The van der Waals surface area contributed by atoms with Crippen LogP contribution in [0.15, 0.2) is 0 Å². The van der Waals surface area contributed by atoms with E-state index in [2.05, 4.69) is 0 Å². The monoisotopic (exact) mass is 360 g/mol. The molecule has 0 aromatic heterocycles. The molecule has 1 N–H and O–H groups in total. The van der Waals surface area contributed by atoms with E-state index in [1.165, 1.54) is 20.8 Å². The molecule has 0 spiro atoms. The highest BCUT2D eigenvalue weighted by molar-refractivity contribution is 5.75. The molecule has 8 nitrogen and oxygen atoms in total. The minimum absolute atomic E-state index is 0.128. The first-order valence-electron chi connectivity index (χ1n) is 8.47. The van der Waals surface area contributed by atoms with Gasteiger partial charge in [-0.25, -0.2) is 0 Å². The number of carbonyl (C=O) groups excluding carboxylic acids is 3. The summed E-state index contributed by atoms with van der Waals surface area (Å²) in [4.78, 5) is 33.2. The first kappa shape index (κ1) is 21.5. The van der Waals surface area contributed by atoms with Crippen molar-refractivity contribution in [1.82, 2.24) is 0 Å². The van der Waals surface area contributed by atoms with Gasteiger partial charge in [-0.05, 0) is 19.8 Å². The second-order valence-electron chi connectivity index (χ2n) is 6.30. The molecule has 5 atom stereocenters. The number of hydrogen-bond donors (Lipinski definition) is 1. The van der Waals surface area contributed by atoms with Crippen LogP contribution >= 0.6 is 0 Å². The average Bonchev–Trinajstić information content (AvgIpc) is 2.51. The first-order chi connectivity index (χ1) is 11.7. The summed E-state index contributed by atoms with van der Waals surface area (Å²) >= 11 is 0. The highest BCUT2D eigenvalue weighted by Crippen LogP contribution is 2.29. The van der Waals surface area contributed by atoms with E-state index in [1.54, 1.807) is 6.92 Å². The van der Waals surface area contributed by atoms with E-state index in [4.69, 9.17) is 18.9 Å². The number of unbranched alkanes of at least 4 members (excludes halogenated alkanes) is 1. The van der Waals surface area contributed by atoms with Crippen molar-refractivity contribution in [2.75, 3.05) is 13.2 Å². The normalized spacial score (nSPS) is 29.1. The number of carbonyl (C=O) groups is 3. The molecule has 1 aliphatic rings. The number of esters is 2. The summed E-state index contributed by atoms with van der Waals surface area (Å²) in [5.41, 5.74) is 0. The van der Waals surface area contributed by atoms with Crippen molar-refractivity contribution in [2.24, 2.45) is 5.92 Å². The van der Waals surface area contributed by atoms with Gasteiger partial charge in [-0.2, -0.15) is 0 Å². The lowest BCUT2D eigenvalue weighted by atomic mass is 9.92. The van der Waals surface area contributed by atoms with Crippen LogP contribution in [-0.4, -0.2) is 60.6 Å². The topological polar surface area (TPSA) is 108 Å². The highest BCUT2D eigenvalue weighted by Gasteiger charge is 2.46. The number of aliphatic hydroxyl groups is 1. The molecular weight excluding hydrogens is 332 g/mol. The van der Waals surface area contributed by atoms with Crippen LogP contribution in [0.2, 0.25) is 0 Å². The first-order valence-corrected chi connectivity index (χ1v) is 8.47. The second kappa shape index (κ2) is 10.5. The van der Waals surface area contributed by atoms with E-state index in [1.807, 2.05) is 0 Å². The quantitative estimate of drug-likeness (QED) is 0.479. The Balaban J connectivity index is 2.63. The third-order valence-corrected chi connectivity index (χ3v) is 3.94. The molecule has 0 aliphatic carbocycles. The Morgan fingerprint density at radius 1 is 1.08 bits per heavy atom. The van der Waals surface area contributed by atoms with Crippen molar-refractivity contribution in [3.05, 3.63) is 0 Å². The van der Waals surface area contributed by atoms with E-state index in [0.29, 0.717) is 25.9 Å². The summed E-state index contributed by atoms with van der Waals surface area (Å²) < 4.78 is 21.5. The summed E-state index contributed by atoms with van der Waals surface area (Å²) in [6.45, 7) is 5.97. The van der Waals surface area contributed by atoms with Gasteiger partial charge in [0.2, 0.25) is 0 Å². The van der Waals surface area contributed by atoms with Crippen LogP contribution in [0.3, 0.4) is 0 Å². The lowest BCUT2D eigenvalue weighted by Gasteiger charge is -2.42. The Bertz CT molecular complexity index is 464. The fraction of sp³-hybridized carbons (Fsp3) is 0.824. The van der Waals surface area contributed by atoms with Gasteiger partial charge < -0.3 is 28.8 Å². The van der Waals surface area contributed by atoms with E-state index in [9.17, 15) is 19.5 Å². The zero-order valence-corrected chi connectivity index (χ0v) is 15.2. The molecule has 0 bridgehead atoms. The number of Topliss-reactive ketones (excluding diaryl/α,β-unsaturated/α-hetero) is 1. The lowest BCUT2D eigenvalue weighted by Crippen LogP contribution is -2.57. The SMILES string of the molecule is CC(=O)CCCCOC1OC(COC(C)=O)C(OC(C)=O)C(O)C1C. The summed E-state index contributed by atoms with van der Waals surface area (Å²) in [7, 11) is 0. The van der Waals surface area contributed by atoms with Gasteiger partial charge in [-0.15, -0.1) is 0 Å². The van der Waals surface area contributed by atoms with Gasteiger partial charge in [-0.1, -0.05) is 6.92 Å². The van der Waals surface area contributed by atoms with Crippen LogP contribution in [0.1, 0.15) is 47.0 Å². The highest BCUT2D eigenvalue weighted by atomic mass is 16.7. The summed E-state index contributed by atoms with van der Waals surface area (Å²) in [6, 6.07) is 0. The molecule has 0 aromatic rings. The maximum atomic E-state index is 11.3. The van der Waals surface area contributed by atoms with E-state index in [0.717, 1.165) is 0 Å². The van der Waals surface area contributed by atoms with Gasteiger partial charge in [0.25, 0.3) is 0 Å². The number of rotatable bonds is 9. The second-order valence-corrected chi connectivity index (χ2v) is 6.30. The van der Waals surface area contributed by atoms with Crippen molar-refractivity contribution in [1.29, 1.82) is 0 Å². The molecule has 1 rings (SSSR count). The van der Waals surface area contributed by atoms with Crippen molar-refractivity contribution < 1.29 is 38.4 Å². The molecule has 0 aromatic carbocycles. The van der Waals surface area contributed by atoms with Crippen LogP contribution in [0.25, 0.3) is 0 Å². The molecule has 0 amide bonds. The lowest BCUT2D eigenvalue weighted by molar-refractivity contribution is -0.286. The third-order valence-electron chi connectivity index (χ3n) is 3.94. The maximum Gasteiger partial charge on any atom is 0.303 e. The van der Waals surface area contributed by atoms with E-state index < -0.39 is 42.5 Å². The van der Waals surface area contributed by atoms with E-state index in [-0.39, 0.29) is 12.4 Å². The molecular formula is C17H28O8. The number of ketones is 1. The average molecular weight is 360 g/mol. The van der Waals surface area contributed by atoms with Crippen LogP contribution in [0.4, 0.5) is 0 Å². The molecule has 1 fully saturated rings. The Hall–Kier alpha value is -1.51.